The minimum absolute atomic E-state index is 0.00191. The zero-order valence-corrected chi connectivity index (χ0v) is 21.3. The van der Waals surface area contributed by atoms with E-state index in [1.54, 1.807) is 12.1 Å². The smallest absolute Gasteiger partial charge is 0.248 e. The van der Waals surface area contributed by atoms with Crippen LogP contribution in [0.3, 0.4) is 0 Å². The van der Waals surface area contributed by atoms with Gasteiger partial charge in [0, 0.05) is 51.6 Å². The molecule has 4 atom stereocenters. The van der Waals surface area contributed by atoms with E-state index in [1.165, 1.54) is 11.1 Å². The number of nitrogens with two attached hydrogens (primary N) is 1. The number of primary amides is 1. The first kappa shape index (κ1) is 24.7. The first-order chi connectivity index (χ1) is 17.4. The van der Waals surface area contributed by atoms with E-state index in [1.807, 2.05) is 36.4 Å². The lowest BCUT2D eigenvalue weighted by atomic mass is 9.65. The van der Waals surface area contributed by atoms with Crippen LogP contribution >= 0.6 is 23.2 Å². The molecule has 7 heteroatoms. The summed E-state index contributed by atoms with van der Waals surface area (Å²) in [5.74, 6) is 0.496. The van der Waals surface area contributed by atoms with E-state index in [-0.39, 0.29) is 29.8 Å². The second-order valence-corrected chi connectivity index (χ2v) is 10.8. The Morgan fingerprint density at radius 3 is 2.03 bits per heavy atom. The van der Waals surface area contributed by atoms with Gasteiger partial charge in [-0.3, -0.25) is 9.59 Å². The largest absolute Gasteiger partial charge is 0.381 e. The fraction of sp³-hybridized carbons (Fsp3) is 0.310. The molecule has 2 aliphatic rings. The lowest BCUT2D eigenvalue weighted by Crippen LogP contribution is -2.56. The molecule has 4 N–H and O–H groups in total. The van der Waals surface area contributed by atoms with E-state index in [4.69, 9.17) is 28.9 Å². The van der Waals surface area contributed by atoms with Crippen LogP contribution in [0, 0.1) is 11.8 Å². The van der Waals surface area contributed by atoms with Gasteiger partial charge in [-0.15, -0.1) is 0 Å². The van der Waals surface area contributed by atoms with Crippen molar-refractivity contribution in [1.29, 1.82) is 0 Å². The Labute approximate surface area is 221 Å². The number of rotatable bonds is 6. The molecule has 0 radical (unpaired) electrons. The normalized spacial score (nSPS) is 23.6. The Morgan fingerprint density at radius 1 is 0.889 bits per heavy atom. The minimum Gasteiger partial charge on any atom is -0.381 e. The molecule has 2 fully saturated rings. The van der Waals surface area contributed by atoms with Crippen molar-refractivity contribution in [2.75, 3.05) is 5.32 Å². The van der Waals surface area contributed by atoms with Gasteiger partial charge in [0.1, 0.15) is 0 Å². The van der Waals surface area contributed by atoms with Crippen LogP contribution in [0.15, 0.2) is 72.8 Å². The first-order valence-corrected chi connectivity index (χ1v) is 13.1. The molecule has 1 saturated heterocycles. The quantitative estimate of drug-likeness (QED) is 0.371. The van der Waals surface area contributed by atoms with Crippen LogP contribution in [0.2, 0.25) is 10.0 Å². The average Bonchev–Trinajstić information content (AvgIpc) is 2.87. The van der Waals surface area contributed by atoms with Crippen LogP contribution < -0.4 is 16.4 Å². The van der Waals surface area contributed by atoms with Gasteiger partial charge in [-0.1, -0.05) is 47.5 Å². The van der Waals surface area contributed by atoms with Gasteiger partial charge < -0.3 is 16.4 Å². The Kier molecular flexibility index (Phi) is 7.22. The number of piperidine rings is 1. The Hall–Kier alpha value is -3.02. The zero-order chi connectivity index (χ0) is 25.2. The summed E-state index contributed by atoms with van der Waals surface area (Å²) in [6.07, 6.45) is 3.32. The number of carbonyl (C=O) groups excluding carboxylic acids is 2. The zero-order valence-electron chi connectivity index (χ0n) is 19.8. The van der Waals surface area contributed by atoms with E-state index < -0.39 is 5.91 Å². The highest BCUT2D eigenvalue weighted by atomic mass is 35.5. The second kappa shape index (κ2) is 10.5. The summed E-state index contributed by atoms with van der Waals surface area (Å²) in [7, 11) is 0. The fourth-order valence-electron chi connectivity index (χ4n) is 5.96. The number of benzene rings is 3. The van der Waals surface area contributed by atoms with Gasteiger partial charge in [-0.05, 0) is 84.8 Å². The van der Waals surface area contributed by atoms with Crippen LogP contribution in [-0.2, 0) is 4.79 Å². The summed E-state index contributed by atoms with van der Waals surface area (Å²) < 4.78 is 0. The molecule has 5 rings (SSSR count). The van der Waals surface area contributed by atoms with E-state index in [9.17, 15) is 9.59 Å². The molecule has 186 valence electrons. The predicted octanol–water partition coefficient (Wildman–Crippen LogP) is 6.01. The van der Waals surface area contributed by atoms with Crippen molar-refractivity contribution in [3.8, 4) is 0 Å². The number of hydrogen-bond donors (Lipinski definition) is 3. The molecule has 2 amide bonds. The summed E-state index contributed by atoms with van der Waals surface area (Å²) >= 11 is 12.4. The van der Waals surface area contributed by atoms with Gasteiger partial charge in [-0.2, -0.15) is 0 Å². The number of carbonyl (C=O) groups is 2. The third-order valence-electron chi connectivity index (χ3n) is 7.66. The van der Waals surface area contributed by atoms with Gasteiger partial charge in [-0.25, -0.2) is 0 Å². The highest BCUT2D eigenvalue weighted by Gasteiger charge is 2.43. The van der Waals surface area contributed by atoms with Gasteiger partial charge >= 0.3 is 0 Å². The molecule has 0 aromatic heterocycles. The van der Waals surface area contributed by atoms with E-state index >= 15 is 0 Å². The highest BCUT2D eigenvalue weighted by molar-refractivity contribution is 6.30. The molecule has 1 heterocycles. The maximum absolute atomic E-state index is 12.5. The van der Waals surface area contributed by atoms with Crippen molar-refractivity contribution in [3.05, 3.63) is 99.5 Å². The monoisotopic (exact) mass is 521 g/mol. The van der Waals surface area contributed by atoms with Gasteiger partial charge in [0.2, 0.25) is 11.8 Å². The van der Waals surface area contributed by atoms with Crippen molar-refractivity contribution in [3.63, 3.8) is 0 Å². The number of hydrogen-bond acceptors (Lipinski definition) is 3. The topological polar surface area (TPSA) is 84.2 Å². The van der Waals surface area contributed by atoms with E-state index in [0.717, 1.165) is 35.0 Å². The standard InChI is InChI=1S/C29H29Cl2N3O2/c30-21-8-1-17(2-9-21)28(18-3-10-22(31)11-4-18)20-7-14-25-24(15-20)26(16-27(35)34-25)33-23-12-5-19(6-13-23)29(32)36/h1-6,8-13,20,24-26,28,33H,7,14-16H2,(H2,32,36)(H,34,35). The number of nitrogens with one attached hydrogen (secondary N) is 2. The third-order valence-corrected chi connectivity index (χ3v) is 8.16. The molecular weight excluding hydrogens is 493 g/mol. The summed E-state index contributed by atoms with van der Waals surface area (Å²) in [6, 6.07) is 23.5. The van der Waals surface area contributed by atoms with Crippen molar-refractivity contribution in [1.82, 2.24) is 5.32 Å². The molecule has 36 heavy (non-hydrogen) atoms. The summed E-state index contributed by atoms with van der Waals surface area (Å²) in [5.41, 5.74) is 9.19. The average molecular weight is 522 g/mol. The van der Waals surface area contributed by atoms with E-state index in [2.05, 4.69) is 34.9 Å². The highest BCUT2D eigenvalue weighted by Crippen LogP contribution is 2.45. The number of amides is 2. The summed E-state index contributed by atoms with van der Waals surface area (Å²) in [5, 5.41) is 8.26. The Bertz CT molecular complexity index is 1180. The van der Waals surface area contributed by atoms with Crippen LogP contribution in [0.25, 0.3) is 0 Å². The molecule has 1 aliphatic heterocycles. The fourth-order valence-corrected chi connectivity index (χ4v) is 6.21. The van der Waals surface area contributed by atoms with Crippen molar-refractivity contribution in [2.24, 2.45) is 17.6 Å². The van der Waals surface area contributed by atoms with Crippen molar-refractivity contribution < 1.29 is 9.59 Å². The van der Waals surface area contributed by atoms with Gasteiger partial charge in [0.05, 0.1) is 0 Å². The lowest BCUT2D eigenvalue weighted by Gasteiger charge is -2.46. The third kappa shape index (κ3) is 5.37. The predicted molar refractivity (Wildman–Crippen MR) is 144 cm³/mol. The Balaban J connectivity index is 1.42. The van der Waals surface area contributed by atoms with E-state index in [0.29, 0.717) is 17.9 Å². The number of anilines is 1. The maximum atomic E-state index is 12.5. The SMILES string of the molecule is NC(=O)c1ccc(NC2CC(=O)NC3CCC(C(c4ccc(Cl)cc4)c4ccc(Cl)cc4)CC32)cc1. The molecule has 1 aliphatic carbocycles. The first-order valence-electron chi connectivity index (χ1n) is 12.3. The maximum Gasteiger partial charge on any atom is 0.248 e. The van der Waals surface area contributed by atoms with Gasteiger partial charge in [0.15, 0.2) is 0 Å². The molecule has 3 aromatic rings. The molecule has 5 nitrogen and oxygen atoms in total. The summed E-state index contributed by atoms with van der Waals surface area (Å²) in [4.78, 5) is 24.0. The summed E-state index contributed by atoms with van der Waals surface area (Å²) in [6.45, 7) is 0. The van der Waals surface area contributed by atoms with Gasteiger partial charge in [0.25, 0.3) is 0 Å². The molecule has 4 unspecified atom stereocenters. The molecule has 0 bridgehead atoms. The molecule has 1 saturated carbocycles. The Morgan fingerprint density at radius 2 is 1.47 bits per heavy atom. The number of fused-ring (bicyclic) bond motifs is 1. The van der Waals surface area contributed by atoms with Crippen molar-refractivity contribution >= 4 is 40.7 Å². The molecular formula is C29H29Cl2N3O2. The van der Waals surface area contributed by atoms with Crippen LogP contribution in [0.1, 0.15) is 53.1 Å². The second-order valence-electron chi connectivity index (χ2n) is 9.89. The van der Waals surface area contributed by atoms with Crippen molar-refractivity contribution in [2.45, 2.75) is 43.7 Å². The minimum atomic E-state index is -0.454. The molecule has 0 spiro atoms. The lowest BCUT2D eigenvalue weighted by molar-refractivity contribution is -0.125. The van der Waals surface area contributed by atoms with Crippen LogP contribution in [0.4, 0.5) is 5.69 Å². The molecule has 3 aromatic carbocycles. The number of halogens is 2. The van der Waals surface area contributed by atoms with Crippen LogP contribution in [0.5, 0.6) is 0 Å². The van der Waals surface area contributed by atoms with Crippen LogP contribution in [-0.4, -0.2) is 23.9 Å².